The smallest absolute Gasteiger partial charge is 0.126 e. The number of halogens is 1. The zero-order valence-corrected chi connectivity index (χ0v) is 6.10. The van der Waals surface area contributed by atoms with Crippen LogP contribution in [0, 0.1) is 5.92 Å². The molecule has 0 aromatic carbocycles. The molecule has 0 radical (unpaired) electrons. The van der Waals surface area contributed by atoms with Crippen molar-refractivity contribution in [2.45, 2.75) is 13.3 Å². The van der Waals surface area contributed by atoms with Crippen LogP contribution >= 0.6 is 0 Å². The van der Waals surface area contributed by atoms with Gasteiger partial charge >= 0.3 is 0 Å². The lowest BCUT2D eigenvalue weighted by Gasteiger charge is -2.14. The first-order valence-corrected chi connectivity index (χ1v) is 3.44. The first-order chi connectivity index (χ1) is 4.75. The summed E-state index contributed by atoms with van der Waals surface area (Å²) in [6.07, 6.45) is 5.89. The number of hydrogen-bond donors (Lipinski definition) is 0. The standard InChI is InChI=1S/C9H11F/c1-3-8-7(2)5-4-6-9(8)10/h3-4,6-7H,1,5H2,2H3. The van der Waals surface area contributed by atoms with Crippen molar-refractivity contribution >= 4 is 0 Å². The highest BCUT2D eigenvalue weighted by molar-refractivity contribution is 5.32. The molecule has 1 aliphatic rings. The van der Waals surface area contributed by atoms with Gasteiger partial charge in [0.05, 0.1) is 0 Å². The van der Waals surface area contributed by atoms with Gasteiger partial charge in [-0.15, -0.1) is 0 Å². The van der Waals surface area contributed by atoms with Crippen LogP contribution in [0.4, 0.5) is 4.39 Å². The van der Waals surface area contributed by atoms with Crippen molar-refractivity contribution in [3.05, 3.63) is 36.2 Å². The van der Waals surface area contributed by atoms with E-state index in [9.17, 15) is 4.39 Å². The van der Waals surface area contributed by atoms with Crippen LogP contribution < -0.4 is 0 Å². The van der Waals surface area contributed by atoms with Gasteiger partial charge in [0, 0.05) is 0 Å². The lowest BCUT2D eigenvalue weighted by molar-refractivity contribution is 0.596. The van der Waals surface area contributed by atoms with Crippen molar-refractivity contribution in [1.29, 1.82) is 0 Å². The number of rotatable bonds is 1. The third-order valence-electron chi connectivity index (χ3n) is 1.78. The maximum atomic E-state index is 12.8. The van der Waals surface area contributed by atoms with Gasteiger partial charge < -0.3 is 0 Å². The molecule has 1 rings (SSSR count). The Morgan fingerprint density at radius 1 is 1.80 bits per heavy atom. The summed E-state index contributed by atoms with van der Waals surface area (Å²) in [5, 5.41) is 0. The Hall–Kier alpha value is -0.850. The monoisotopic (exact) mass is 138 g/mol. The van der Waals surface area contributed by atoms with E-state index in [1.165, 1.54) is 6.08 Å². The van der Waals surface area contributed by atoms with Crippen molar-refractivity contribution in [3.8, 4) is 0 Å². The molecule has 1 atom stereocenters. The summed E-state index contributed by atoms with van der Waals surface area (Å²) in [5.41, 5.74) is 0.738. The molecule has 1 unspecified atom stereocenters. The van der Waals surface area contributed by atoms with E-state index in [0.717, 1.165) is 12.0 Å². The SMILES string of the molecule is C=CC1=C(F)C=CCC1C. The van der Waals surface area contributed by atoms with Crippen molar-refractivity contribution in [1.82, 2.24) is 0 Å². The van der Waals surface area contributed by atoms with Gasteiger partial charge in [0.1, 0.15) is 5.83 Å². The Morgan fingerprint density at radius 3 is 2.90 bits per heavy atom. The van der Waals surface area contributed by atoms with Crippen LogP contribution in [0.1, 0.15) is 13.3 Å². The quantitative estimate of drug-likeness (QED) is 0.522. The molecule has 54 valence electrons. The molecule has 10 heavy (non-hydrogen) atoms. The molecule has 0 N–H and O–H groups in total. The maximum Gasteiger partial charge on any atom is 0.126 e. The summed E-state index contributed by atoms with van der Waals surface area (Å²) in [4.78, 5) is 0. The lowest BCUT2D eigenvalue weighted by Crippen LogP contribution is -2.00. The van der Waals surface area contributed by atoms with Crippen molar-refractivity contribution in [3.63, 3.8) is 0 Å². The van der Waals surface area contributed by atoms with Gasteiger partial charge in [0.15, 0.2) is 0 Å². The van der Waals surface area contributed by atoms with Crippen LogP contribution in [0.15, 0.2) is 36.2 Å². The van der Waals surface area contributed by atoms with Crippen LogP contribution in [0.25, 0.3) is 0 Å². The lowest BCUT2D eigenvalue weighted by atomic mass is 9.93. The normalized spacial score (nSPS) is 25.2. The fourth-order valence-electron chi connectivity index (χ4n) is 1.13. The molecule has 0 saturated heterocycles. The van der Waals surface area contributed by atoms with E-state index in [2.05, 4.69) is 6.58 Å². The molecule has 0 nitrogen and oxygen atoms in total. The van der Waals surface area contributed by atoms with Gasteiger partial charge in [-0.3, -0.25) is 0 Å². The van der Waals surface area contributed by atoms with Crippen molar-refractivity contribution in [2.24, 2.45) is 5.92 Å². The molecular formula is C9H11F. The number of allylic oxidation sites excluding steroid dienone is 5. The summed E-state index contributed by atoms with van der Waals surface area (Å²) in [6.45, 7) is 5.55. The van der Waals surface area contributed by atoms with Gasteiger partial charge in [0.2, 0.25) is 0 Å². The minimum absolute atomic E-state index is 0.131. The first-order valence-electron chi connectivity index (χ1n) is 3.44. The summed E-state index contributed by atoms with van der Waals surface area (Å²) < 4.78 is 12.8. The highest BCUT2D eigenvalue weighted by Crippen LogP contribution is 2.25. The predicted molar refractivity (Wildman–Crippen MR) is 41.3 cm³/mol. The molecule has 0 aromatic heterocycles. The predicted octanol–water partition coefficient (Wildman–Crippen LogP) is 2.99. The molecule has 0 aliphatic heterocycles. The second-order valence-electron chi connectivity index (χ2n) is 2.55. The Labute approximate surface area is 60.7 Å². The fourth-order valence-corrected chi connectivity index (χ4v) is 1.13. The molecule has 1 heteroatoms. The highest BCUT2D eigenvalue weighted by atomic mass is 19.1. The Balaban J connectivity index is 2.94. The minimum atomic E-state index is -0.131. The highest BCUT2D eigenvalue weighted by Gasteiger charge is 2.11. The Morgan fingerprint density at radius 2 is 2.50 bits per heavy atom. The molecule has 0 saturated carbocycles. The van der Waals surface area contributed by atoms with Gasteiger partial charge in [0.25, 0.3) is 0 Å². The van der Waals surface area contributed by atoms with Gasteiger partial charge in [-0.2, -0.15) is 0 Å². The molecule has 0 fully saturated rings. The summed E-state index contributed by atoms with van der Waals surface area (Å²) in [5.74, 6) is 0.163. The minimum Gasteiger partial charge on any atom is -0.207 e. The zero-order valence-electron chi connectivity index (χ0n) is 6.10. The van der Waals surface area contributed by atoms with Gasteiger partial charge in [-0.05, 0) is 24.0 Å². The van der Waals surface area contributed by atoms with E-state index in [1.54, 1.807) is 6.08 Å². The zero-order chi connectivity index (χ0) is 7.56. The largest absolute Gasteiger partial charge is 0.207 e. The maximum absolute atomic E-state index is 12.8. The molecule has 0 spiro atoms. The first kappa shape index (κ1) is 7.26. The molecule has 0 aromatic rings. The topological polar surface area (TPSA) is 0 Å². The van der Waals surface area contributed by atoms with E-state index >= 15 is 0 Å². The van der Waals surface area contributed by atoms with E-state index in [1.807, 2.05) is 13.0 Å². The number of hydrogen-bond acceptors (Lipinski definition) is 0. The van der Waals surface area contributed by atoms with E-state index in [4.69, 9.17) is 0 Å². The Bertz CT molecular complexity index is 199. The molecule has 0 heterocycles. The van der Waals surface area contributed by atoms with E-state index < -0.39 is 0 Å². The molecule has 0 bridgehead atoms. The average Bonchev–Trinajstić information content (AvgIpc) is 1.88. The van der Waals surface area contributed by atoms with Crippen LogP contribution in [0.2, 0.25) is 0 Å². The van der Waals surface area contributed by atoms with Crippen LogP contribution in [-0.2, 0) is 0 Å². The van der Waals surface area contributed by atoms with Crippen molar-refractivity contribution < 1.29 is 4.39 Å². The summed E-state index contributed by atoms with van der Waals surface area (Å²) >= 11 is 0. The van der Waals surface area contributed by atoms with Gasteiger partial charge in [-0.25, -0.2) is 4.39 Å². The Kier molecular flexibility index (Phi) is 2.05. The molecule has 1 aliphatic carbocycles. The molecular weight excluding hydrogens is 127 g/mol. The fraction of sp³-hybridized carbons (Fsp3) is 0.333. The third-order valence-corrected chi connectivity index (χ3v) is 1.78. The van der Waals surface area contributed by atoms with E-state index in [-0.39, 0.29) is 5.83 Å². The average molecular weight is 138 g/mol. The summed E-state index contributed by atoms with van der Waals surface area (Å²) in [6, 6.07) is 0. The second-order valence-corrected chi connectivity index (χ2v) is 2.55. The third kappa shape index (κ3) is 1.18. The summed E-state index contributed by atoms with van der Waals surface area (Å²) in [7, 11) is 0. The van der Waals surface area contributed by atoms with Crippen LogP contribution in [-0.4, -0.2) is 0 Å². The second kappa shape index (κ2) is 2.82. The molecule has 0 amide bonds. The van der Waals surface area contributed by atoms with Gasteiger partial charge in [-0.1, -0.05) is 25.7 Å². The van der Waals surface area contributed by atoms with Crippen molar-refractivity contribution in [2.75, 3.05) is 0 Å². The van der Waals surface area contributed by atoms with Crippen LogP contribution in [0.3, 0.4) is 0 Å². The van der Waals surface area contributed by atoms with Crippen LogP contribution in [0.5, 0.6) is 0 Å². The van der Waals surface area contributed by atoms with E-state index in [0.29, 0.717) is 5.92 Å².